The highest BCUT2D eigenvalue weighted by Gasteiger charge is 2.28. The number of sulfonamides is 1. The van der Waals surface area contributed by atoms with Gasteiger partial charge in [-0.05, 0) is 55.0 Å². The van der Waals surface area contributed by atoms with E-state index in [1.54, 1.807) is 41.8 Å². The summed E-state index contributed by atoms with van der Waals surface area (Å²) in [5, 5.41) is 5.70. The van der Waals surface area contributed by atoms with Gasteiger partial charge >= 0.3 is 0 Å². The van der Waals surface area contributed by atoms with Gasteiger partial charge in [0.1, 0.15) is 5.01 Å². The lowest BCUT2D eigenvalue weighted by atomic mass is 10.1. The summed E-state index contributed by atoms with van der Waals surface area (Å²) in [6, 6.07) is 14.1. The maximum Gasteiger partial charge on any atom is 0.255 e. The zero-order valence-electron chi connectivity index (χ0n) is 14.3. The number of nitrogens with zero attached hydrogens (tertiary/aromatic N) is 2. The van der Waals surface area contributed by atoms with Crippen LogP contribution in [0, 0.1) is 0 Å². The van der Waals surface area contributed by atoms with E-state index in [4.69, 9.17) is 0 Å². The molecule has 0 spiro atoms. The predicted octanol–water partition coefficient (Wildman–Crippen LogP) is 3.60. The molecule has 1 fully saturated rings. The van der Waals surface area contributed by atoms with Gasteiger partial charge in [0.25, 0.3) is 5.91 Å². The van der Waals surface area contributed by atoms with E-state index in [-0.39, 0.29) is 11.7 Å². The van der Waals surface area contributed by atoms with Crippen LogP contribution in [-0.4, -0.2) is 31.6 Å². The van der Waals surface area contributed by atoms with Gasteiger partial charge in [0.2, 0.25) is 10.0 Å². The Bertz CT molecular complexity index is 1040. The summed E-state index contributed by atoms with van der Waals surface area (Å²) in [6.45, 7) is 0.485. The van der Waals surface area contributed by atoms with Gasteiger partial charge < -0.3 is 5.32 Å². The molecule has 0 radical (unpaired) electrons. The summed E-state index contributed by atoms with van der Waals surface area (Å²) < 4.78 is 25.4. The van der Waals surface area contributed by atoms with E-state index in [2.05, 4.69) is 10.3 Å². The van der Waals surface area contributed by atoms with E-state index in [1.807, 2.05) is 29.6 Å². The molecule has 1 aromatic heterocycles. The number of thiazole rings is 1. The average Bonchev–Trinajstić information content (AvgIpc) is 3.32. The van der Waals surface area contributed by atoms with Crippen molar-refractivity contribution < 1.29 is 13.2 Å². The van der Waals surface area contributed by atoms with Crippen LogP contribution >= 0.6 is 11.3 Å². The first-order chi connectivity index (χ1) is 13.0. The van der Waals surface area contributed by atoms with Gasteiger partial charge in [0, 0.05) is 34.9 Å². The SMILES string of the molecule is O=C(Nc1ccc(-c2nccs2)cc1)c1ccc(N2CCCS2(=O)=O)cc1. The molecule has 0 aliphatic carbocycles. The van der Waals surface area contributed by atoms with E-state index in [1.165, 1.54) is 4.31 Å². The van der Waals surface area contributed by atoms with Crippen LogP contribution in [0.5, 0.6) is 0 Å². The molecule has 1 amide bonds. The largest absolute Gasteiger partial charge is 0.322 e. The Morgan fingerprint density at radius 3 is 2.41 bits per heavy atom. The van der Waals surface area contributed by atoms with E-state index in [0.29, 0.717) is 29.9 Å². The molecular weight excluding hydrogens is 382 g/mol. The van der Waals surface area contributed by atoms with Crippen molar-refractivity contribution >= 4 is 38.6 Å². The third-order valence-electron chi connectivity index (χ3n) is 4.34. The van der Waals surface area contributed by atoms with Crippen molar-refractivity contribution in [3.63, 3.8) is 0 Å². The van der Waals surface area contributed by atoms with Gasteiger partial charge in [-0.3, -0.25) is 9.10 Å². The number of benzene rings is 2. The molecular formula is C19H17N3O3S2. The molecule has 27 heavy (non-hydrogen) atoms. The van der Waals surface area contributed by atoms with Gasteiger partial charge in [-0.1, -0.05) is 0 Å². The summed E-state index contributed by atoms with van der Waals surface area (Å²) in [4.78, 5) is 16.7. The van der Waals surface area contributed by atoms with Crippen molar-refractivity contribution in [3.05, 3.63) is 65.7 Å². The van der Waals surface area contributed by atoms with Gasteiger partial charge in [0.15, 0.2) is 0 Å². The highest BCUT2D eigenvalue weighted by molar-refractivity contribution is 7.93. The molecule has 2 heterocycles. The molecule has 6 nitrogen and oxygen atoms in total. The monoisotopic (exact) mass is 399 g/mol. The zero-order valence-corrected chi connectivity index (χ0v) is 16.0. The molecule has 138 valence electrons. The number of hydrogen-bond donors (Lipinski definition) is 1. The minimum atomic E-state index is -3.22. The third kappa shape index (κ3) is 3.72. The molecule has 0 saturated carbocycles. The number of aromatic nitrogens is 1. The van der Waals surface area contributed by atoms with Crippen molar-refractivity contribution in [2.75, 3.05) is 21.9 Å². The van der Waals surface area contributed by atoms with Gasteiger partial charge in [0.05, 0.1) is 11.4 Å². The maximum absolute atomic E-state index is 12.4. The molecule has 2 aromatic carbocycles. The topological polar surface area (TPSA) is 79.4 Å². The maximum atomic E-state index is 12.4. The molecule has 4 rings (SSSR count). The summed E-state index contributed by atoms with van der Waals surface area (Å²) in [6.07, 6.45) is 2.38. The minimum Gasteiger partial charge on any atom is -0.322 e. The molecule has 0 bridgehead atoms. The van der Waals surface area contributed by atoms with Crippen LogP contribution in [-0.2, 0) is 10.0 Å². The minimum absolute atomic E-state index is 0.173. The molecule has 1 aliphatic rings. The highest BCUT2D eigenvalue weighted by atomic mass is 32.2. The Balaban J connectivity index is 1.45. The highest BCUT2D eigenvalue weighted by Crippen LogP contribution is 2.25. The Labute approximate surface area is 161 Å². The van der Waals surface area contributed by atoms with Crippen LogP contribution in [0.2, 0.25) is 0 Å². The molecule has 0 unspecified atom stereocenters. The number of carbonyl (C=O) groups excluding carboxylic acids is 1. The quantitative estimate of drug-likeness (QED) is 0.727. The molecule has 3 aromatic rings. The van der Waals surface area contributed by atoms with Crippen LogP contribution < -0.4 is 9.62 Å². The van der Waals surface area contributed by atoms with Crippen LogP contribution in [0.25, 0.3) is 10.6 Å². The van der Waals surface area contributed by atoms with Crippen molar-refractivity contribution in [3.8, 4) is 10.6 Å². The summed E-state index contributed by atoms with van der Waals surface area (Å²) in [5.74, 6) is -0.0699. The fraction of sp³-hybridized carbons (Fsp3) is 0.158. The normalized spacial score (nSPS) is 15.6. The standard InChI is InChI=1S/C19H17N3O3S2/c23-18(21-16-6-2-15(3-7-16)19-20-10-12-26-19)14-4-8-17(9-5-14)22-11-1-13-27(22,24)25/h2-10,12H,1,11,13H2,(H,21,23). The number of amides is 1. The number of hydrogen-bond acceptors (Lipinski definition) is 5. The van der Waals surface area contributed by atoms with Gasteiger partial charge in [-0.15, -0.1) is 11.3 Å². The number of carbonyl (C=O) groups is 1. The second-order valence-corrected chi connectivity index (χ2v) is 9.06. The lowest BCUT2D eigenvalue weighted by molar-refractivity contribution is 0.102. The van der Waals surface area contributed by atoms with E-state index in [9.17, 15) is 13.2 Å². The van der Waals surface area contributed by atoms with Crippen molar-refractivity contribution in [1.29, 1.82) is 0 Å². The third-order valence-corrected chi connectivity index (χ3v) is 7.03. The Morgan fingerprint density at radius 2 is 1.81 bits per heavy atom. The Kier molecular flexibility index (Phi) is 4.67. The second kappa shape index (κ2) is 7.13. The first-order valence-corrected chi connectivity index (χ1v) is 10.9. The summed E-state index contributed by atoms with van der Waals surface area (Å²) >= 11 is 1.56. The van der Waals surface area contributed by atoms with E-state index < -0.39 is 10.0 Å². The first-order valence-electron chi connectivity index (χ1n) is 8.45. The van der Waals surface area contributed by atoms with Gasteiger partial charge in [-0.2, -0.15) is 0 Å². The van der Waals surface area contributed by atoms with Crippen LogP contribution in [0.1, 0.15) is 16.8 Å². The number of rotatable bonds is 4. The van der Waals surface area contributed by atoms with Crippen LogP contribution in [0.4, 0.5) is 11.4 Å². The van der Waals surface area contributed by atoms with E-state index >= 15 is 0 Å². The summed E-state index contributed by atoms with van der Waals surface area (Å²) in [5.41, 5.74) is 2.75. The van der Waals surface area contributed by atoms with Crippen LogP contribution in [0.15, 0.2) is 60.1 Å². The second-order valence-electron chi connectivity index (χ2n) is 6.16. The number of nitrogens with one attached hydrogen (secondary N) is 1. The zero-order chi connectivity index (χ0) is 18.9. The molecule has 1 saturated heterocycles. The molecule has 1 aliphatic heterocycles. The molecule has 0 atom stereocenters. The fourth-order valence-corrected chi connectivity index (χ4v) is 5.18. The van der Waals surface area contributed by atoms with Crippen LogP contribution in [0.3, 0.4) is 0 Å². The smallest absolute Gasteiger partial charge is 0.255 e. The lowest BCUT2D eigenvalue weighted by Gasteiger charge is -2.17. The average molecular weight is 399 g/mol. The molecule has 8 heteroatoms. The fourth-order valence-electron chi connectivity index (χ4n) is 2.97. The Hall–Kier alpha value is -2.71. The van der Waals surface area contributed by atoms with Crippen molar-refractivity contribution in [2.45, 2.75) is 6.42 Å². The van der Waals surface area contributed by atoms with Crippen molar-refractivity contribution in [2.24, 2.45) is 0 Å². The van der Waals surface area contributed by atoms with Gasteiger partial charge in [-0.25, -0.2) is 13.4 Å². The first kappa shape index (κ1) is 17.7. The summed E-state index contributed by atoms with van der Waals surface area (Å²) in [7, 11) is -3.22. The number of anilines is 2. The van der Waals surface area contributed by atoms with E-state index in [0.717, 1.165) is 10.6 Å². The van der Waals surface area contributed by atoms with Crippen molar-refractivity contribution in [1.82, 2.24) is 4.98 Å². The predicted molar refractivity (Wildman–Crippen MR) is 108 cm³/mol. The lowest BCUT2D eigenvalue weighted by Crippen LogP contribution is -2.25. The Morgan fingerprint density at radius 1 is 1.07 bits per heavy atom. The molecule has 1 N–H and O–H groups in total.